The summed E-state index contributed by atoms with van der Waals surface area (Å²) in [6.45, 7) is 3.12. The second kappa shape index (κ2) is 4.70. The molecule has 0 aliphatic rings. The van der Waals surface area contributed by atoms with Crippen molar-refractivity contribution in [3.63, 3.8) is 0 Å². The van der Waals surface area contributed by atoms with Gasteiger partial charge in [0, 0.05) is 20.6 Å². The molecule has 0 bridgehead atoms. The average Bonchev–Trinajstić information content (AvgIpc) is 2.15. The van der Waals surface area contributed by atoms with Gasteiger partial charge in [0.05, 0.1) is 0 Å². The molecule has 0 unspecified atom stereocenters. The van der Waals surface area contributed by atoms with Crippen LogP contribution in [0.5, 0.6) is 0 Å². The molecule has 1 aromatic rings. The highest BCUT2D eigenvalue weighted by atomic mass is 15.2. The predicted molar refractivity (Wildman–Crippen MR) is 57.3 cm³/mol. The lowest BCUT2D eigenvalue weighted by Gasteiger charge is -2.12. The number of nitrogens with one attached hydrogen (secondary N) is 1. The summed E-state index contributed by atoms with van der Waals surface area (Å²) in [5, 5.41) is 3.25. The zero-order valence-electron chi connectivity index (χ0n) is 8.54. The van der Waals surface area contributed by atoms with E-state index < -0.39 is 0 Å². The molecule has 0 atom stereocenters. The Hall–Kier alpha value is -1.25. The zero-order chi connectivity index (χ0) is 9.68. The van der Waals surface area contributed by atoms with E-state index in [1.165, 1.54) is 0 Å². The average molecular weight is 179 g/mol. The number of aromatic nitrogens is 1. The van der Waals surface area contributed by atoms with Gasteiger partial charge in [-0.1, -0.05) is 13.0 Å². The van der Waals surface area contributed by atoms with E-state index in [1.807, 2.05) is 37.2 Å². The van der Waals surface area contributed by atoms with E-state index in [0.717, 1.165) is 24.6 Å². The van der Waals surface area contributed by atoms with Crippen LogP contribution in [0.1, 0.15) is 13.3 Å². The Morgan fingerprint density at radius 3 is 2.77 bits per heavy atom. The maximum atomic E-state index is 4.42. The van der Waals surface area contributed by atoms with Gasteiger partial charge in [-0.25, -0.2) is 4.98 Å². The molecule has 1 aromatic heterocycles. The molecular weight excluding hydrogens is 162 g/mol. The van der Waals surface area contributed by atoms with Crippen LogP contribution in [0.3, 0.4) is 0 Å². The number of pyridine rings is 1. The fourth-order valence-electron chi connectivity index (χ4n) is 1.02. The molecule has 1 heterocycles. The number of anilines is 2. The summed E-state index contributed by atoms with van der Waals surface area (Å²) < 4.78 is 0. The van der Waals surface area contributed by atoms with Gasteiger partial charge in [-0.05, 0) is 18.6 Å². The lowest BCUT2D eigenvalue weighted by atomic mass is 10.4. The van der Waals surface area contributed by atoms with Gasteiger partial charge in [-0.15, -0.1) is 0 Å². The summed E-state index contributed by atoms with van der Waals surface area (Å²) >= 11 is 0. The van der Waals surface area contributed by atoms with Crippen molar-refractivity contribution in [3.05, 3.63) is 18.2 Å². The van der Waals surface area contributed by atoms with Gasteiger partial charge >= 0.3 is 0 Å². The van der Waals surface area contributed by atoms with Crippen molar-refractivity contribution in [2.24, 2.45) is 0 Å². The minimum atomic E-state index is 0.952. The lowest BCUT2D eigenvalue weighted by Crippen LogP contribution is -2.11. The number of hydrogen-bond acceptors (Lipinski definition) is 3. The van der Waals surface area contributed by atoms with Crippen molar-refractivity contribution in [1.82, 2.24) is 4.98 Å². The van der Waals surface area contributed by atoms with Crippen LogP contribution in [0, 0.1) is 0 Å². The minimum absolute atomic E-state index is 0.952. The van der Waals surface area contributed by atoms with E-state index in [0.29, 0.717) is 0 Å². The quantitative estimate of drug-likeness (QED) is 0.766. The van der Waals surface area contributed by atoms with Crippen LogP contribution in [0.4, 0.5) is 11.6 Å². The molecule has 72 valence electrons. The Labute approximate surface area is 79.8 Å². The molecular formula is C10H17N3. The van der Waals surface area contributed by atoms with Crippen molar-refractivity contribution >= 4 is 11.6 Å². The van der Waals surface area contributed by atoms with Crippen molar-refractivity contribution in [2.45, 2.75) is 13.3 Å². The van der Waals surface area contributed by atoms with Crippen LogP contribution in [0.25, 0.3) is 0 Å². The molecule has 0 aliphatic heterocycles. The maximum absolute atomic E-state index is 4.42. The molecule has 0 radical (unpaired) electrons. The molecule has 3 nitrogen and oxygen atoms in total. The molecule has 1 rings (SSSR count). The van der Waals surface area contributed by atoms with E-state index in [9.17, 15) is 0 Å². The summed E-state index contributed by atoms with van der Waals surface area (Å²) in [5.41, 5.74) is 0. The second-order valence-corrected chi connectivity index (χ2v) is 3.20. The first-order valence-corrected chi connectivity index (χ1v) is 4.62. The lowest BCUT2D eigenvalue weighted by molar-refractivity contribution is 0.964. The second-order valence-electron chi connectivity index (χ2n) is 3.20. The van der Waals surface area contributed by atoms with E-state index in [1.54, 1.807) is 0 Å². The third kappa shape index (κ3) is 2.93. The Bertz CT molecular complexity index is 258. The highest BCUT2D eigenvalue weighted by Gasteiger charge is 1.97. The first-order chi connectivity index (χ1) is 6.24. The van der Waals surface area contributed by atoms with Crippen molar-refractivity contribution in [2.75, 3.05) is 30.9 Å². The predicted octanol–water partition coefficient (Wildman–Crippen LogP) is 1.97. The van der Waals surface area contributed by atoms with Crippen LogP contribution in [-0.4, -0.2) is 25.6 Å². The molecule has 0 amide bonds. The van der Waals surface area contributed by atoms with Crippen LogP contribution in [-0.2, 0) is 0 Å². The van der Waals surface area contributed by atoms with Gasteiger partial charge < -0.3 is 10.2 Å². The molecule has 1 N–H and O–H groups in total. The van der Waals surface area contributed by atoms with Crippen LogP contribution < -0.4 is 10.2 Å². The molecule has 0 aliphatic carbocycles. The third-order valence-corrected chi connectivity index (χ3v) is 1.75. The summed E-state index contributed by atoms with van der Waals surface area (Å²) in [6.07, 6.45) is 1.12. The van der Waals surface area contributed by atoms with E-state index in [-0.39, 0.29) is 0 Å². The van der Waals surface area contributed by atoms with Crippen molar-refractivity contribution < 1.29 is 0 Å². The first kappa shape index (κ1) is 9.84. The summed E-state index contributed by atoms with van der Waals surface area (Å²) in [7, 11) is 3.98. The third-order valence-electron chi connectivity index (χ3n) is 1.75. The van der Waals surface area contributed by atoms with Gasteiger partial charge in [0.1, 0.15) is 11.6 Å². The summed E-state index contributed by atoms with van der Waals surface area (Å²) in [6, 6.07) is 6.00. The number of hydrogen-bond donors (Lipinski definition) is 1. The van der Waals surface area contributed by atoms with E-state index in [2.05, 4.69) is 17.2 Å². The molecule has 13 heavy (non-hydrogen) atoms. The largest absolute Gasteiger partial charge is 0.370 e. The highest BCUT2D eigenvalue weighted by molar-refractivity contribution is 5.45. The molecule has 0 saturated carbocycles. The maximum Gasteiger partial charge on any atom is 0.130 e. The molecule has 0 fully saturated rings. The standard InChI is InChI=1S/C10H17N3/c1-4-8-11-9-6-5-7-10(12-9)13(2)3/h5-7H,4,8H2,1-3H3,(H,11,12). The van der Waals surface area contributed by atoms with E-state index in [4.69, 9.17) is 0 Å². The zero-order valence-corrected chi connectivity index (χ0v) is 8.54. The molecule has 0 aromatic carbocycles. The van der Waals surface area contributed by atoms with Crippen LogP contribution >= 0.6 is 0 Å². The SMILES string of the molecule is CCCNc1cccc(N(C)C)n1. The fraction of sp³-hybridized carbons (Fsp3) is 0.500. The highest BCUT2D eigenvalue weighted by Crippen LogP contribution is 2.10. The van der Waals surface area contributed by atoms with Crippen LogP contribution in [0.2, 0.25) is 0 Å². The van der Waals surface area contributed by atoms with Gasteiger partial charge in [0.25, 0.3) is 0 Å². The normalized spacial score (nSPS) is 9.77. The van der Waals surface area contributed by atoms with Gasteiger partial charge in [-0.2, -0.15) is 0 Å². The first-order valence-electron chi connectivity index (χ1n) is 4.62. The smallest absolute Gasteiger partial charge is 0.130 e. The number of nitrogens with zero attached hydrogens (tertiary/aromatic N) is 2. The van der Waals surface area contributed by atoms with Crippen molar-refractivity contribution in [1.29, 1.82) is 0 Å². The Balaban J connectivity index is 2.68. The monoisotopic (exact) mass is 179 g/mol. The number of rotatable bonds is 4. The summed E-state index contributed by atoms with van der Waals surface area (Å²) in [4.78, 5) is 6.42. The molecule has 3 heteroatoms. The Kier molecular flexibility index (Phi) is 3.55. The molecule has 0 saturated heterocycles. The Morgan fingerprint density at radius 2 is 2.15 bits per heavy atom. The van der Waals surface area contributed by atoms with Crippen LogP contribution in [0.15, 0.2) is 18.2 Å². The topological polar surface area (TPSA) is 28.2 Å². The van der Waals surface area contributed by atoms with Gasteiger partial charge in [0.15, 0.2) is 0 Å². The van der Waals surface area contributed by atoms with Gasteiger partial charge in [-0.3, -0.25) is 0 Å². The molecule has 0 spiro atoms. The van der Waals surface area contributed by atoms with Crippen molar-refractivity contribution in [3.8, 4) is 0 Å². The van der Waals surface area contributed by atoms with Gasteiger partial charge in [0.2, 0.25) is 0 Å². The minimum Gasteiger partial charge on any atom is -0.370 e. The Morgan fingerprint density at radius 1 is 1.38 bits per heavy atom. The van der Waals surface area contributed by atoms with E-state index >= 15 is 0 Å². The fourth-order valence-corrected chi connectivity index (χ4v) is 1.02. The summed E-state index contributed by atoms with van der Waals surface area (Å²) in [5.74, 6) is 1.94.